The van der Waals surface area contributed by atoms with Crippen molar-refractivity contribution in [3.05, 3.63) is 48.2 Å². The normalized spacial score (nSPS) is 19.4. The first-order valence-corrected chi connectivity index (χ1v) is 11.2. The van der Waals surface area contributed by atoms with Gasteiger partial charge in [0.1, 0.15) is 12.4 Å². The summed E-state index contributed by atoms with van der Waals surface area (Å²) in [5.41, 5.74) is 1.37. The van der Waals surface area contributed by atoms with Gasteiger partial charge in [-0.05, 0) is 37.3 Å². The molecule has 0 bridgehead atoms. The van der Waals surface area contributed by atoms with Crippen LogP contribution in [0.3, 0.4) is 0 Å². The van der Waals surface area contributed by atoms with E-state index in [1.807, 2.05) is 6.07 Å². The lowest BCUT2D eigenvalue weighted by Crippen LogP contribution is -2.48. The summed E-state index contributed by atoms with van der Waals surface area (Å²) in [7, 11) is 1.61. The van der Waals surface area contributed by atoms with Gasteiger partial charge < -0.3 is 29.8 Å². The van der Waals surface area contributed by atoms with Crippen molar-refractivity contribution in [3.8, 4) is 28.7 Å². The van der Waals surface area contributed by atoms with Gasteiger partial charge in [0, 0.05) is 25.4 Å². The molecule has 1 aliphatic heterocycles. The van der Waals surface area contributed by atoms with E-state index >= 15 is 0 Å². The molecule has 2 aromatic heterocycles. The molecule has 1 amide bonds. The van der Waals surface area contributed by atoms with Crippen molar-refractivity contribution < 1.29 is 23.4 Å². The molecule has 0 aliphatic carbocycles. The molecule has 1 aromatic carbocycles. The summed E-state index contributed by atoms with van der Waals surface area (Å²) in [6, 6.07) is 9.55. The number of benzene rings is 1. The smallest absolute Gasteiger partial charge is 0.231 e. The summed E-state index contributed by atoms with van der Waals surface area (Å²) < 4.78 is 30.3. The zero-order valence-corrected chi connectivity index (χ0v) is 19.9. The first kappa shape index (κ1) is 25.2. The van der Waals surface area contributed by atoms with Gasteiger partial charge in [-0.1, -0.05) is 0 Å². The molecule has 36 heavy (non-hydrogen) atoms. The van der Waals surface area contributed by atoms with Gasteiger partial charge in [-0.25, -0.2) is 19.3 Å². The molecule has 0 unspecified atom stereocenters. The predicted octanol–water partition coefficient (Wildman–Crippen LogP) is 2.42. The molecule has 11 nitrogen and oxygen atoms in total. The molecule has 1 fully saturated rings. The minimum atomic E-state index is -0.946. The van der Waals surface area contributed by atoms with E-state index in [1.54, 1.807) is 38.4 Å². The Kier molecular flexibility index (Phi) is 7.84. The second-order valence-electron chi connectivity index (χ2n) is 8.39. The molecule has 188 valence electrons. The number of H-pyrrole nitrogens is 1. The predicted molar refractivity (Wildman–Crippen MR) is 127 cm³/mol. The Hall–Kier alpha value is -3.92. The average Bonchev–Trinajstić information content (AvgIpc) is 3.34. The lowest BCUT2D eigenvalue weighted by atomic mass is 9.91. The number of aromatic nitrogens is 4. The molecule has 3 N–H and O–H groups in total. The summed E-state index contributed by atoms with van der Waals surface area (Å²) in [6.07, 6.45) is 0.752. The standard InChI is InChI=1S/C24H26FN7O4/c1-24(22(33)27-10-8-26)13-35-21(36-14-24)20-31-18(15-3-5-16(25)6-4-15)19(32-20)17-7-9-28-23(30-17)29-11-12-34-2/h3-7,9,21H,10-14H2,1-2H3,(H,27,33)(H,31,32)(H,28,29,30). The molecule has 3 heterocycles. The maximum atomic E-state index is 13.6. The molecule has 0 spiro atoms. The van der Waals surface area contributed by atoms with Crippen molar-refractivity contribution in [2.24, 2.45) is 5.41 Å². The zero-order chi connectivity index (χ0) is 25.5. The minimum Gasteiger partial charge on any atom is -0.383 e. The van der Waals surface area contributed by atoms with Crippen LogP contribution >= 0.6 is 0 Å². The molecular weight excluding hydrogens is 469 g/mol. The topological polar surface area (TPSA) is 147 Å². The van der Waals surface area contributed by atoms with Crippen LogP contribution < -0.4 is 10.6 Å². The van der Waals surface area contributed by atoms with E-state index in [9.17, 15) is 9.18 Å². The number of aromatic amines is 1. The van der Waals surface area contributed by atoms with Crippen LogP contribution in [0.2, 0.25) is 0 Å². The summed E-state index contributed by atoms with van der Waals surface area (Å²) in [5.74, 6) is 0.0890. The number of carbonyl (C=O) groups is 1. The first-order chi connectivity index (χ1) is 17.4. The monoisotopic (exact) mass is 495 g/mol. The maximum absolute atomic E-state index is 13.6. The van der Waals surface area contributed by atoms with Crippen LogP contribution in [0.4, 0.5) is 10.3 Å². The van der Waals surface area contributed by atoms with Crippen LogP contribution in [0.1, 0.15) is 19.0 Å². The Morgan fingerprint density at radius 1 is 1.28 bits per heavy atom. The van der Waals surface area contributed by atoms with Gasteiger partial charge in [-0.2, -0.15) is 5.26 Å². The van der Waals surface area contributed by atoms with Crippen molar-refractivity contribution in [2.45, 2.75) is 13.2 Å². The number of rotatable bonds is 9. The Labute approximate surface area is 207 Å². The second-order valence-corrected chi connectivity index (χ2v) is 8.39. The van der Waals surface area contributed by atoms with Crippen LogP contribution in [0.25, 0.3) is 22.6 Å². The van der Waals surface area contributed by atoms with Gasteiger partial charge in [0.15, 0.2) is 5.82 Å². The van der Waals surface area contributed by atoms with E-state index < -0.39 is 11.7 Å². The molecule has 12 heteroatoms. The van der Waals surface area contributed by atoms with E-state index in [0.29, 0.717) is 47.6 Å². The van der Waals surface area contributed by atoms with E-state index in [2.05, 4.69) is 30.6 Å². The maximum Gasteiger partial charge on any atom is 0.231 e. The lowest BCUT2D eigenvalue weighted by Gasteiger charge is -2.35. The van der Waals surface area contributed by atoms with Gasteiger partial charge >= 0.3 is 0 Å². The van der Waals surface area contributed by atoms with Gasteiger partial charge in [0.25, 0.3) is 0 Å². The third kappa shape index (κ3) is 5.65. The highest BCUT2D eigenvalue weighted by atomic mass is 19.1. The van der Waals surface area contributed by atoms with Crippen LogP contribution in [0, 0.1) is 22.6 Å². The quantitative estimate of drug-likeness (QED) is 0.301. The van der Waals surface area contributed by atoms with Crippen molar-refractivity contribution in [1.82, 2.24) is 25.3 Å². The van der Waals surface area contributed by atoms with Crippen molar-refractivity contribution in [1.29, 1.82) is 5.26 Å². The summed E-state index contributed by atoms with van der Waals surface area (Å²) >= 11 is 0. The largest absolute Gasteiger partial charge is 0.383 e. The molecule has 0 saturated carbocycles. The van der Waals surface area contributed by atoms with Gasteiger partial charge in [0.05, 0.1) is 48.4 Å². The van der Waals surface area contributed by atoms with Crippen LogP contribution in [0.15, 0.2) is 36.5 Å². The zero-order valence-electron chi connectivity index (χ0n) is 19.9. The highest BCUT2D eigenvalue weighted by molar-refractivity contribution is 5.83. The first-order valence-electron chi connectivity index (χ1n) is 11.2. The average molecular weight is 496 g/mol. The SMILES string of the molecule is COCCNc1nccc(-c2[nH]c(C3OCC(C)(C(=O)NCC#N)CO3)nc2-c2ccc(F)cc2)n1. The molecule has 0 radical (unpaired) electrons. The van der Waals surface area contributed by atoms with Crippen LogP contribution in [0.5, 0.6) is 0 Å². The number of imidazole rings is 1. The number of hydrogen-bond donors (Lipinski definition) is 3. The number of nitrogens with one attached hydrogen (secondary N) is 3. The molecule has 3 aromatic rings. The Morgan fingerprint density at radius 3 is 2.72 bits per heavy atom. The Balaban J connectivity index is 1.62. The van der Waals surface area contributed by atoms with Gasteiger partial charge in [-0.15, -0.1) is 0 Å². The number of ether oxygens (including phenoxy) is 3. The Morgan fingerprint density at radius 2 is 2.03 bits per heavy atom. The lowest BCUT2D eigenvalue weighted by molar-refractivity contribution is -0.230. The number of carbonyl (C=O) groups excluding carboxylic acids is 1. The summed E-state index contributed by atoms with van der Waals surface area (Å²) in [5, 5.41) is 14.3. The van der Waals surface area contributed by atoms with Crippen molar-refractivity contribution in [3.63, 3.8) is 0 Å². The number of amides is 1. The third-order valence-electron chi connectivity index (χ3n) is 5.55. The van der Waals surface area contributed by atoms with Crippen molar-refractivity contribution >= 4 is 11.9 Å². The Bertz CT molecular complexity index is 1230. The fourth-order valence-electron chi connectivity index (χ4n) is 3.58. The number of nitrogens with zero attached hydrogens (tertiary/aromatic N) is 4. The van der Waals surface area contributed by atoms with Crippen LogP contribution in [-0.4, -0.2) is 65.9 Å². The third-order valence-corrected chi connectivity index (χ3v) is 5.55. The van der Waals surface area contributed by atoms with Crippen molar-refractivity contribution in [2.75, 3.05) is 45.3 Å². The van der Waals surface area contributed by atoms with Crippen LogP contribution in [-0.2, 0) is 19.0 Å². The second kappa shape index (κ2) is 11.2. The number of hydrogen-bond acceptors (Lipinski definition) is 9. The molecule has 1 aliphatic rings. The highest BCUT2D eigenvalue weighted by Gasteiger charge is 2.40. The molecule has 0 atom stereocenters. The highest BCUT2D eigenvalue weighted by Crippen LogP contribution is 2.35. The molecule has 1 saturated heterocycles. The summed E-state index contributed by atoms with van der Waals surface area (Å²) in [4.78, 5) is 29.1. The molecular formula is C24H26FN7O4. The summed E-state index contributed by atoms with van der Waals surface area (Å²) in [6.45, 7) is 2.76. The number of anilines is 1. The minimum absolute atomic E-state index is 0.0674. The fourth-order valence-corrected chi connectivity index (χ4v) is 3.58. The van der Waals surface area contributed by atoms with E-state index in [4.69, 9.17) is 19.5 Å². The fraction of sp³-hybridized carbons (Fsp3) is 0.375. The molecule has 4 rings (SSSR count). The van der Waals surface area contributed by atoms with Gasteiger partial charge in [-0.3, -0.25) is 4.79 Å². The number of nitriles is 1. The van der Waals surface area contributed by atoms with Gasteiger partial charge in [0.2, 0.25) is 18.1 Å². The van der Waals surface area contributed by atoms with E-state index in [0.717, 1.165) is 0 Å². The van der Waals surface area contributed by atoms with E-state index in [1.165, 1.54) is 12.1 Å². The van der Waals surface area contributed by atoms with E-state index in [-0.39, 0.29) is 31.5 Å². The number of methoxy groups -OCH3 is 1. The number of halogens is 1.